The van der Waals surface area contributed by atoms with Crippen LogP contribution in [0.1, 0.15) is 0 Å². The van der Waals surface area contributed by atoms with Crippen molar-refractivity contribution in [1.29, 1.82) is 0 Å². The van der Waals surface area contributed by atoms with Crippen LogP contribution in [0, 0.1) is 0 Å². The molecule has 0 radical (unpaired) electrons. The first-order valence-corrected chi connectivity index (χ1v) is 8.84. The lowest BCUT2D eigenvalue weighted by molar-refractivity contribution is 1.34. The predicted molar refractivity (Wildman–Crippen MR) is 103 cm³/mol. The molecule has 114 valence electrons. The van der Waals surface area contributed by atoms with Crippen LogP contribution in [0.25, 0.3) is 33.0 Å². The van der Waals surface area contributed by atoms with Crippen LogP contribution in [0.2, 0.25) is 0 Å². The molecule has 0 aliphatic heterocycles. The zero-order valence-corrected chi connectivity index (χ0v) is 14.0. The molecular formula is C22H16NP. The van der Waals surface area contributed by atoms with Gasteiger partial charge >= 0.3 is 0 Å². The third kappa shape index (κ3) is 3.13. The molecule has 0 spiro atoms. The van der Waals surface area contributed by atoms with Crippen molar-refractivity contribution in [3.05, 3.63) is 97.2 Å². The normalized spacial score (nSPS) is 10.8. The molecule has 0 aliphatic rings. The summed E-state index contributed by atoms with van der Waals surface area (Å²) in [5.41, 5.74) is 4.76. The molecule has 0 fully saturated rings. The number of benzene rings is 2. The van der Waals surface area contributed by atoms with Crippen LogP contribution in [0.5, 0.6) is 0 Å². The van der Waals surface area contributed by atoms with E-state index in [0.29, 0.717) is 0 Å². The van der Waals surface area contributed by atoms with Crippen LogP contribution in [-0.4, -0.2) is 4.98 Å². The Morgan fingerprint density at radius 3 is 1.83 bits per heavy atom. The zero-order chi connectivity index (χ0) is 16.2. The summed E-state index contributed by atoms with van der Waals surface area (Å²) in [5, 5.41) is 2.54. The topological polar surface area (TPSA) is 12.9 Å². The van der Waals surface area contributed by atoms with Crippen molar-refractivity contribution in [2.75, 3.05) is 0 Å². The molecule has 4 rings (SSSR count). The summed E-state index contributed by atoms with van der Waals surface area (Å²) in [7, 11) is 1.19. The van der Waals surface area contributed by atoms with Crippen LogP contribution in [0.3, 0.4) is 0 Å². The summed E-state index contributed by atoms with van der Waals surface area (Å²) in [6.45, 7) is 0. The summed E-state index contributed by atoms with van der Waals surface area (Å²) in [6, 6.07) is 31.7. The van der Waals surface area contributed by atoms with Gasteiger partial charge in [0.1, 0.15) is 0 Å². The summed E-state index contributed by atoms with van der Waals surface area (Å²) < 4.78 is 0. The molecule has 2 heterocycles. The van der Waals surface area contributed by atoms with E-state index in [-0.39, 0.29) is 0 Å². The van der Waals surface area contributed by atoms with E-state index < -0.39 is 0 Å². The number of aromatic nitrogens is 1. The van der Waals surface area contributed by atoms with Crippen LogP contribution >= 0.6 is 8.19 Å². The lowest BCUT2D eigenvalue weighted by atomic mass is 10.0. The quantitative estimate of drug-likeness (QED) is 0.410. The predicted octanol–water partition coefficient (Wildman–Crippen LogP) is 6.66. The van der Waals surface area contributed by atoms with Crippen LogP contribution in [0.4, 0.5) is 0 Å². The highest BCUT2D eigenvalue weighted by atomic mass is 31.0. The molecule has 4 aromatic rings. The molecule has 2 aromatic carbocycles. The summed E-state index contributed by atoms with van der Waals surface area (Å²) in [6.07, 6.45) is 1.86. The first kappa shape index (κ1) is 14.8. The average molecular weight is 325 g/mol. The monoisotopic (exact) mass is 325 g/mol. The summed E-state index contributed by atoms with van der Waals surface area (Å²) in [4.78, 5) is 4.54. The number of rotatable bonds is 3. The second-order valence-corrected chi connectivity index (χ2v) is 6.76. The number of hydrogen-bond acceptors (Lipinski definition) is 1. The molecule has 0 saturated heterocycles. The fourth-order valence-corrected chi connectivity index (χ4v) is 3.92. The van der Waals surface area contributed by atoms with Gasteiger partial charge in [-0.15, -0.1) is 0 Å². The largest absolute Gasteiger partial charge is 0.256 e. The molecule has 2 aromatic heterocycles. The van der Waals surface area contributed by atoms with Gasteiger partial charge < -0.3 is 0 Å². The van der Waals surface area contributed by atoms with Gasteiger partial charge in [0.25, 0.3) is 0 Å². The maximum absolute atomic E-state index is 4.54. The van der Waals surface area contributed by atoms with E-state index in [2.05, 4.69) is 83.8 Å². The fourth-order valence-electron chi connectivity index (χ4n) is 2.73. The first-order valence-electron chi connectivity index (χ1n) is 7.94. The van der Waals surface area contributed by atoms with E-state index in [1.807, 2.05) is 18.3 Å². The second kappa shape index (κ2) is 6.78. The highest BCUT2D eigenvalue weighted by molar-refractivity contribution is 7.37. The van der Waals surface area contributed by atoms with Crippen molar-refractivity contribution in [2.24, 2.45) is 0 Å². The molecule has 0 unspecified atom stereocenters. The van der Waals surface area contributed by atoms with Gasteiger partial charge in [0.2, 0.25) is 0 Å². The fraction of sp³-hybridized carbons (Fsp3) is 0. The van der Waals surface area contributed by atoms with E-state index in [1.54, 1.807) is 0 Å². The Morgan fingerprint density at radius 1 is 0.542 bits per heavy atom. The van der Waals surface area contributed by atoms with Crippen molar-refractivity contribution >= 4 is 8.19 Å². The minimum absolute atomic E-state index is 1.04. The Kier molecular flexibility index (Phi) is 4.18. The molecule has 0 amide bonds. The molecule has 0 N–H and O–H groups in total. The Morgan fingerprint density at radius 2 is 1.17 bits per heavy atom. The zero-order valence-electron chi connectivity index (χ0n) is 13.1. The summed E-state index contributed by atoms with van der Waals surface area (Å²) in [5.74, 6) is 0. The van der Waals surface area contributed by atoms with Crippen molar-refractivity contribution in [3.63, 3.8) is 0 Å². The van der Waals surface area contributed by atoms with Gasteiger partial charge in [-0.25, -0.2) is 0 Å². The maximum Gasteiger partial charge on any atom is 0.0748 e. The minimum atomic E-state index is 1.04. The van der Waals surface area contributed by atoms with Gasteiger partial charge in [-0.3, -0.25) is 4.98 Å². The Balaban J connectivity index is 1.92. The van der Waals surface area contributed by atoms with E-state index in [9.17, 15) is 0 Å². The van der Waals surface area contributed by atoms with Crippen molar-refractivity contribution < 1.29 is 0 Å². The van der Waals surface area contributed by atoms with Crippen molar-refractivity contribution in [2.45, 2.75) is 0 Å². The van der Waals surface area contributed by atoms with Gasteiger partial charge in [-0.1, -0.05) is 74.9 Å². The number of pyridine rings is 1. The first-order chi connectivity index (χ1) is 11.9. The number of nitrogens with zero attached hydrogens (tertiary/aromatic N) is 1. The third-order valence-electron chi connectivity index (χ3n) is 3.93. The van der Waals surface area contributed by atoms with Crippen molar-refractivity contribution in [3.8, 4) is 33.0 Å². The molecule has 1 nitrogen and oxygen atoms in total. The molecular weight excluding hydrogens is 309 g/mol. The lowest BCUT2D eigenvalue weighted by Crippen LogP contribution is -1.84. The molecule has 0 atom stereocenters. The standard InChI is InChI=1S/C22H16NP/c1-3-9-17(10-4-1)19-15-21(18-11-5-2-6-12-18)24-22(16-19)20-13-7-8-14-23-20/h1-16H. The SMILES string of the molecule is c1ccc(-c2cc(-c3ccccc3)pc(-c3ccccn3)c2)cc1. The van der Waals surface area contributed by atoms with Gasteiger partial charge in [-0.05, 0) is 41.0 Å². The van der Waals surface area contributed by atoms with Crippen LogP contribution in [0.15, 0.2) is 97.2 Å². The Bertz CT molecular complexity index is 796. The van der Waals surface area contributed by atoms with Gasteiger partial charge in [0, 0.05) is 16.8 Å². The third-order valence-corrected chi connectivity index (χ3v) is 5.16. The second-order valence-electron chi connectivity index (χ2n) is 5.57. The average Bonchev–Trinajstić information content (AvgIpc) is 2.70. The van der Waals surface area contributed by atoms with Gasteiger partial charge in [-0.2, -0.15) is 0 Å². The van der Waals surface area contributed by atoms with Crippen LogP contribution in [-0.2, 0) is 0 Å². The Hall–Kier alpha value is -2.76. The highest BCUT2D eigenvalue weighted by Crippen LogP contribution is 2.39. The van der Waals surface area contributed by atoms with E-state index in [0.717, 1.165) is 5.69 Å². The molecule has 0 aliphatic carbocycles. The summed E-state index contributed by atoms with van der Waals surface area (Å²) >= 11 is 0. The molecule has 0 saturated carbocycles. The van der Waals surface area contributed by atoms with E-state index in [1.165, 1.54) is 35.5 Å². The van der Waals surface area contributed by atoms with E-state index in [4.69, 9.17) is 0 Å². The Labute approximate surface area is 143 Å². The molecule has 0 bridgehead atoms. The number of hydrogen-bond donors (Lipinski definition) is 0. The molecule has 24 heavy (non-hydrogen) atoms. The van der Waals surface area contributed by atoms with Crippen molar-refractivity contribution in [1.82, 2.24) is 4.98 Å². The maximum atomic E-state index is 4.54. The van der Waals surface area contributed by atoms with E-state index >= 15 is 0 Å². The van der Waals surface area contributed by atoms with Gasteiger partial charge in [0.05, 0.1) is 5.69 Å². The van der Waals surface area contributed by atoms with Gasteiger partial charge in [0.15, 0.2) is 0 Å². The highest BCUT2D eigenvalue weighted by Gasteiger charge is 2.08. The van der Waals surface area contributed by atoms with Crippen LogP contribution < -0.4 is 0 Å². The lowest BCUT2D eigenvalue weighted by Gasteiger charge is -2.10. The smallest absolute Gasteiger partial charge is 0.0748 e. The molecule has 2 heteroatoms. The minimum Gasteiger partial charge on any atom is -0.256 e.